The molecular formula is C15H20FNOS. The van der Waals surface area contributed by atoms with Gasteiger partial charge in [-0.25, -0.2) is 4.39 Å². The summed E-state index contributed by atoms with van der Waals surface area (Å²) in [6, 6.07) is 6.22. The largest absolute Gasteiger partial charge is 0.379 e. The van der Waals surface area contributed by atoms with Gasteiger partial charge < -0.3 is 10.1 Å². The van der Waals surface area contributed by atoms with Crippen LogP contribution < -0.4 is 5.32 Å². The normalized spacial score (nSPS) is 24.2. The molecule has 1 N–H and O–H groups in total. The average Bonchev–Trinajstić information content (AvgIpc) is 2.37. The molecule has 3 rings (SSSR count). The lowest BCUT2D eigenvalue weighted by molar-refractivity contribution is 0.0455. The quantitative estimate of drug-likeness (QED) is 0.916. The van der Waals surface area contributed by atoms with Crippen LogP contribution in [0, 0.1) is 5.82 Å². The molecule has 0 radical (unpaired) electrons. The van der Waals surface area contributed by atoms with E-state index in [0.29, 0.717) is 11.3 Å². The molecule has 2 fully saturated rings. The van der Waals surface area contributed by atoms with E-state index in [0.717, 1.165) is 36.6 Å². The number of ether oxygens (including phenoxy) is 1. The Morgan fingerprint density at radius 2 is 2.21 bits per heavy atom. The van der Waals surface area contributed by atoms with Crippen LogP contribution >= 0.6 is 11.8 Å². The maximum atomic E-state index is 14.0. The summed E-state index contributed by atoms with van der Waals surface area (Å²) in [5, 5.41) is 3.94. The standard InChI is InChI=1S/C15H20FNOS/c16-14-8-11(7-12-3-1-2-6-17-12)4-5-15(14)19-13-9-18-10-13/h4-5,8,12-13,17H,1-3,6-7,9-10H2. The summed E-state index contributed by atoms with van der Waals surface area (Å²) in [4.78, 5) is 0.758. The smallest absolute Gasteiger partial charge is 0.137 e. The van der Waals surface area contributed by atoms with Crippen molar-refractivity contribution in [2.75, 3.05) is 19.8 Å². The predicted molar refractivity (Wildman–Crippen MR) is 76.2 cm³/mol. The minimum absolute atomic E-state index is 0.0785. The van der Waals surface area contributed by atoms with Crippen molar-refractivity contribution < 1.29 is 9.13 Å². The van der Waals surface area contributed by atoms with E-state index < -0.39 is 0 Å². The highest BCUT2D eigenvalue weighted by atomic mass is 32.2. The molecular weight excluding hydrogens is 261 g/mol. The van der Waals surface area contributed by atoms with Gasteiger partial charge in [0.1, 0.15) is 5.82 Å². The van der Waals surface area contributed by atoms with E-state index in [1.54, 1.807) is 17.8 Å². The van der Waals surface area contributed by atoms with Gasteiger partial charge in [-0.1, -0.05) is 12.5 Å². The number of benzene rings is 1. The van der Waals surface area contributed by atoms with Crippen molar-refractivity contribution in [1.29, 1.82) is 0 Å². The summed E-state index contributed by atoms with van der Waals surface area (Å²) in [7, 11) is 0. The number of halogens is 1. The van der Waals surface area contributed by atoms with E-state index in [4.69, 9.17) is 4.74 Å². The molecule has 2 heterocycles. The van der Waals surface area contributed by atoms with Crippen molar-refractivity contribution in [3.8, 4) is 0 Å². The maximum Gasteiger partial charge on any atom is 0.137 e. The first-order valence-corrected chi connectivity index (χ1v) is 7.95. The highest BCUT2D eigenvalue weighted by Crippen LogP contribution is 2.30. The molecule has 0 amide bonds. The van der Waals surface area contributed by atoms with Crippen LogP contribution in [0.2, 0.25) is 0 Å². The van der Waals surface area contributed by atoms with Gasteiger partial charge in [0.05, 0.1) is 18.5 Å². The number of thioether (sulfide) groups is 1. The van der Waals surface area contributed by atoms with Crippen molar-refractivity contribution in [1.82, 2.24) is 5.32 Å². The fraction of sp³-hybridized carbons (Fsp3) is 0.600. The van der Waals surface area contributed by atoms with Crippen LogP contribution in [0.5, 0.6) is 0 Å². The van der Waals surface area contributed by atoms with Crippen molar-refractivity contribution in [3.63, 3.8) is 0 Å². The highest BCUT2D eigenvalue weighted by molar-refractivity contribution is 8.00. The average molecular weight is 281 g/mol. The van der Waals surface area contributed by atoms with Crippen molar-refractivity contribution in [2.24, 2.45) is 0 Å². The van der Waals surface area contributed by atoms with Crippen LogP contribution in [-0.4, -0.2) is 31.1 Å². The second-order valence-corrected chi connectivity index (χ2v) is 6.74. The van der Waals surface area contributed by atoms with Gasteiger partial charge in [-0.2, -0.15) is 0 Å². The molecule has 1 atom stereocenters. The topological polar surface area (TPSA) is 21.3 Å². The van der Waals surface area contributed by atoms with Crippen molar-refractivity contribution >= 4 is 11.8 Å². The molecule has 0 aliphatic carbocycles. The zero-order valence-electron chi connectivity index (χ0n) is 11.0. The number of nitrogens with one attached hydrogen (secondary N) is 1. The van der Waals surface area contributed by atoms with E-state index in [-0.39, 0.29) is 5.82 Å². The number of hydrogen-bond acceptors (Lipinski definition) is 3. The van der Waals surface area contributed by atoms with Gasteiger partial charge in [0, 0.05) is 10.9 Å². The predicted octanol–water partition coefficient (Wildman–Crippen LogP) is 3.00. The van der Waals surface area contributed by atoms with Gasteiger partial charge in [0.2, 0.25) is 0 Å². The molecule has 0 bridgehead atoms. The molecule has 2 saturated heterocycles. The molecule has 19 heavy (non-hydrogen) atoms. The molecule has 2 nitrogen and oxygen atoms in total. The minimum Gasteiger partial charge on any atom is -0.379 e. The van der Waals surface area contributed by atoms with Gasteiger partial charge >= 0.3 is 0 Å². The van der Waals surface area contributed by atoms with Crippen LogP contribution in [0.1, 0.15) is 24.8 Å². The fourth-order valence-corrected chi connectivity index (χ4v) is 3.62. The van der Waals surface area contributed by atoms with E-state index in [2.05, 4.69) is 11.4 Å². The number of rotatable bonds is 4. The summed E-state index contributed by atoms with van der Waals surface area (Å²) in [6.45, 7) is 2.60. The van der Waals surface area contributed by atoms with Crippen molar-refractivity contribution in [2.45, 2.75) is 41.9 Å². The first kappa shape index (κ1) is 13.4. The molecule has 104 valence electrons. The molecule has 2 aliphatic rings. The number of hydrogen-bond donors (Lipinski definition) is 1. The van der Waals surface area contributed by atoms with Gasteiger partial charge in [-0.15, -0.1) is 11.8 Å². The Morgan fingerprint density at radius 1 is 1.32 bits per heavy atom. The summed E-state index contributed by atoms with van der Waals surface area (Å²) in [5.74, 6) is -0.0785. The third-order valence-electron chi connectivity index (χ3n) is 3.79. The van der Waals surface area contributed by atoms with E-state index in [9.17, 15) is 4.39 Å². The minimum atomic E-state index is -0.0785. The lowest BCUT2D eigenvalue weighted by Gasteiger charge is -2.26. The second-order valence-electron chi connectivity index (χ2n) is 5.39. The Morgan fingerprint density at radius 3 is 2.84 bits per heavy atom. The first-order chi connectivity index (χ1) is 9.31. The van der Waals surface area contributed by atoms with Crippen LogP contribution in [0.3, 0.4) is 0 Å². The third kappa shape index (κ3) is 3.50. The van der Waals surface area contributed by atoms with E-state index in [1.807, 2.05) is 6.07 Å². The SMILES string of the molecule is Fc1cc(CC2CCCCN2)ccc1SC1COC1. The molecule has 1 aromatic carbocycles. The van der Waals surface area contributed by atoms with E-state index in [1.165, 1.54) is 19.3 Å². The summed E-state index contributed by atoms with van der Waals surface area (Å²) < 4.78 is 19.2. The van der Waals surface area contributed by atoms with Crippen LogP contribution in [0.4, 0.5) is 4.39 Å². The highest BCUT2D eigenvalue weighted by Gasteiger charge is 2.21. The fourth-order valence-electron chi connectivity index (χ4n) is 2.61. The van der Waals surface area contributed by atoms with Gasteiger partial charge in [-0.3, -0.25) is 0 Å². The lowest BCUT2D eigenvalue weighted by atomic mass is 9.98. The molecule has 1 aromatic rings. The maximum absolute atomic E-state index is 14.0. The number of piperidine rings is 1. The molecule has 1 unspecified atom stereocenters. The third-order valence-corrected chi connectivity index (χ3v) is 4.98. The van der Waals surface area contributed by atoms with Crippen LogP contribution in [0.25, 0.3) is 0 Å². The lowest BCUT2D eigenvalue weighted by Crippen LogP contribution is -2.35. The zero-order valence-corrected chi connectivity index (χ0v) is 11.8. The Kier molecular flexibility index (Phi) is 4.41. The van der Waals surface area contributed by atoms with Crippen LogP contribution in [-0.2, 0) is 11.2 Å². The summed E-state index contributed by atoms with van der Waals surface area (Å²) >= 11 is 1.60. The first-order valence-electron chi connectivity index (χ1n) is 7.07. The Bertz CT molecular complexity index is 430. The van der Waals surface area contributed by atoms with Gasteiger partial charge in [0.15, 0.2) is 0 Å². The zero-order chi connectivity index (χ0) is 13.1. The van der Waals surface area contributed by atoms with Gasteiger partial charge in [-0.05, 0) is 43.5 Å². The molecule has 0 saturated carbocycles. The summed E-state index contributed by atoms with van der Waals surface area (Å²) in [6.07, 6.45) is 4.70. The Balaban J connectivity index is 1.61. The Hall–Kier alpha value is -0.580. The summed E-state index contributed by atoms with van der Waals surface area (Å²) in [5.41, 5.74) is 1.10. The molecule has 4 heteroatoms. The van der Waals surface area contributed by atoms with Crippen molar-refractivity contribution in [3.05, 3.63) is 29.6 Å². The second kappa shape index (κ2) is 6.25. The molecule has 0 aromatic heterocycles. The van der Waals surface area contributed by atoms with Gasteiger partial charge in [0.25, 0.3) is 0 Å². The Labute approximate surface area is 118 Å². The van der Waals surface area contributed by atoms with E-state index >= 15 is 0 Å². The molecule has 2 aliphatic heterocycles. The monoisotopic (exact) mass is 281 g/mol. The molecule has 0 spiro atoms. The van der Waals surface area contributed by atoms with Crippen LogP contribution in [0.15, 0.2) is 23.1 Å².